The van der Waals surface area contributed by atoms with Gasteiger partial charge >= 0.3 is 0 Å². The average molecular weight is 419 g/mol. The fourth-order valence-electron chi connectivity index (χ4n) is 3.32. The monoisotopic (exact) mass is 418 g/mol. The van der Waals surface area contributed by atoms with Gasteiger partial charge in [0.25, 0.3) is 0 Å². The molecule has 3 N–H and O–H groups in total. The molecule has 31 heavy (non-hydrogen) atoms. The number of amides is 1. The number of benzene rings is 2. The highest BCUT2D eigenvalue weighted by molar-refractivity contribution is 5.80. The molecule has 0 radical (unpaired) electrons. The Labute approximate surface area is 181 Å². The Bertz CT molecular complexity index is 1000. The molecule has 8 heteroatoms. The number of anilines is 4. The number of aromatic nitrogens is 2. The lowest BCUT2D eigenvalue weighted by Crippen LogP contribution is -2.36. The zero-order valence-electron chi connectivity index (χ0n) is 17.5. The van der Waals surface area contributed by atoms with Gasteiger partial charge in [0.1, 0.15) is 0 Å². The van der Waals surface area contributed by atoms with Crippen molar-refractivity contribution in [2.75, 3.05) is 55.4 Å². The highest BCUT2D eigenvalue weighted by Gasteiger charge is 2.11. The first-order chi connectivity index (χ1) is 15.2. The second kappa shape index (κ2) is 9.90. The van der Waals surface area contributed by atoms with Crippen molar-refractivity contribution < 1.29 is 9.53 Å². The van der Waals surface area contributed by atoms with E-state index in [0.29, 0.717) is 5.95 Å². The first kappa shape index (κ1) is 20.6. The third-order valence-corrected chi connectivity index (χ3v) is 5.07. The van der Waals surface area contributed by atoms with Gasteiger partial charge in [-0.2, -0.15) is 0 Å². The van der Waals surface area contributed by atoms with Crippen LogP contribution in [-0.2, 0) is 9.53 Å². The summed E-state index contributed by atoms with van der Waals surface area (Å²) in [6.07, 6.45) is 1.74. The normalized spacial score (nSPS) is 13.5. The molecule has 8 nitrogen and oxygen atoms in total. The number of morpholine rings is 1. The van der Waals surface area contributed by atoms with E-state index in [1.165, 1.54) is 5.69 Å². The van der Waals surface area contributed by atoms with Crippen molar-refractivity contribution in [1.82, 2.24) is 15.3 Å². The Hall–Kier alpha value is -3.65. The molecule has 0 saturated carbocycles. The molecule has 0 unspecified atom stereocenters. The second-order valence-electron chi connectivity index (χ2n) is 7.14. The van der Waals surface area contributed by atoms with Gasteiger partial charge in [0.15, 0.2) is 0 Å². The number of rotatable bonds is 7. The topological polar surface area (TPSA) is 91.4 Å². The molecule has 2 aromatic carbocycles. The molecule has 0 spiro atoms. The maximum Gasteiger partial charge on any atom is 0.239 e. The third-order valence-electron chi connectivity index (χ3n) is 5.07. The SMILES string of the molecule is CNC(=O)CNc1ccc(-c2ccnc(Nc3ccc(N4CCOCC4)cc3)n2)cc1. The zero-order chi connectivity index (χ0) is 21.5. The van der Waals surface area contributed by atoms with Crippen molar-refractivity contribution in [1.29, 1.82) is 0 Å². The van der Waals surface area contributed by atoms with Crippen molar-refractivity contribution in [2.24, 2.45) is 0 Å². The van der Waals surface area contributed by atoms with E-state index in [2.05, 4.69) is 43.0 Å². The number of hydrogen-bond donors (Lipinski definition) is 3. The minimum Gasteiger partial charge on any atom is -0.378 e. The molecule has 1 aliphatic heterocycles. The molecule has 1 fully saturated rings. The quantitative estimate of drug-likeness (QED) is 0.543. The molecule has 4 rings (SSSR count). The van der Waals surface area contributed by atoms with Crippen LogP contribution >= 0.6 is 0 Å². The van der Waals surface area contributed by atoms with Crippen LogP contribution in [0, 0.1) is 0 Å². The molecular formula is C23H26N6O2. The molecule has 160 valence electrons. The molecule has 0 atom stereocenters. The molecule has 1 aliphatic rings. The second-order valence-corrected chi connectivity index (χ2v) is 7.14. The number of nitrogens with zero attached hydrogens (tertiary/aromatic N) is 3. The molecule has 1 aromatic heterocycles. The molecule has 0 aliphatic carbocycles. The number of carbonyl (C=O) groups excluding carboxylic acids is 1. The van der Waals surface area contributed by atoms with Crippen molar-refractivity contribution in [3.63, 3.8) is 0 Å². The third kappa shape index (κ3) is 5.49. The van der Waals surface area contributed by atoms with Crippen molar-refractivity contribution >= 4 is 28.9 Å². The number of nitrogens with one attached hydrogen (secondary N) is 3. The minimum absolute atomic E-state index is 0.0615. The lowest BCUT2D eigenvalue weighted by molar-refractivity contribution is -0.118. The summed E-state index contributed by atoms with van der Waals surface area (Å²) in [5, 5.41) is 8.94. The Balaban J connectivity index is 1.40. The van der Waals surface area contributed by atoms with Gasteiger partial charge < -0.3 is 25.6 Å². The minimum atomic E-state index is -0.0615. The number of carbonyl (C=O) groups is 1. The largest absolute Gasteiger partial charge is 0.378 e. The Morgan fingerprint density at radius 2 is 1.71 bits per heavy atom. The summed E-state index contributed by atoms with van der Waals surface area (Å²) in [7, 11) is 1.62. The van der Waals surface area contributed by atoms with Crippen molar-refractivity contribution in [3.8, 4) is 11.3 Å². The van der Waals surface area contributed by atoms with E-state index in [1.54, 1.807) is 13.2 Å². The van der Waals surface area contributed by atoms with Crippen molar-refractivity contribution in [2.45, 2.75) is 0 Å². The Morgan fingerprint density at radius 3 is 2.42 bits per heavy atom. The summed E-state index contributed by atoms with van der Waals surface area (Å²) in [5.41, 5.74) is 4.79. The van der Waals surface area contributed by atoms with E-state index in [0.717, 1.165) is 48.9 Å². The van der Waals surface area contributed by atoms with E-state index in [1.807, 2.05) is 42.5 Å². The van der Waals surface area contributed by atoms with Gasteiger partial charge in [0.2, 0.25) is 11.9 Å². The number of likely N-dealkylation sites (N-methyl/N-ethyl adjacent to an activating group) is 1. The summed E-state index contributed by atoms with van der Waals surface area (Å²) in [6.45, 7) is 3.61. The molecule has 2 heterocycles. The van der Waals surface area contributed by atoms with Gasteiger partial charge in [-0.3, -0.25) is 4.79 Å². The van der Waals surface area contributed by atoms with E-state index in [-0.39, 0.29) is 12.5 Å². The summed E-state index contributed by atoms with van der Waals surface area (Å²) in [6, 6.07) is 17.9. The summed E-state index contributed by atoms with van der Waals surface area (Å²) < 4.78 is 5.41. The fourth-order valence-corrected chi connectivity index (χ4v) is 3.32. The van der Waals surface area contributed by atoms with E-state index in [4.69, 9.17) is 4.74 Å². The van der Waals surface area contributed by atoms with Crippen LogP contribution in [0.1, 0.15) is 0 Å². The van der Waals surface area contributed by atoms with Gasteiger partial charge in [0.05, 0.1) is 25.5 Å². The van der Waals surface area contributed by atoms with Gasteiger partial charge in [-0.1, -0.05) is 12.1 Å². The van der Waals surface area contributed by atoms with Crippen LogP contribution in [0.3, 0.4) is 0 Å². The highest BCUT2D eigenvalue weighted by atomic mass is 16.5. The fraction of sp³-hybridized carbons (Fsp3) is 0.261. The molecule has 0 bridgehead atoms. The van der Waals surface area contributed by atoms with Crippen LogP contribution in [0.15, 0.2) is 60.8 Å². The predicted molar refractivity (Wildman–Crippen MR) is 123 cm³/mol. The zero-order valence-corrected chi connectivity index (χ0v) is 17.5. The molecular weight excluding hydrogens is 392 g/mol. The van der Waals surface area contributed by atoms with Crippen LogP contribution in [-0.4, -0.2) is 55.8 Å². The predicted octanol–water partition coefficient (Wildman–Crippen LogP) is 2.88. The smallest absolute Gasteiger partial charge is 0.239 e. The van der Waals surface area contributed by atoms with E-state index >= 15 is 0 Å². The van der Waals surface area contributed by atoms with Crippen LogP contribution in [0.25, 0.3) is 11.3 Å². The van der Waals surface area contributed by atoms with Crippen LogP contribution in [0.4, 0.5) is 23.0 Å². The molecule has 1 saturated heterocycles. The molecule has 3 aromatic rings. The number of ether oxygens (including phenoxy) is 1. The summed E-state index contributed by atoms with van der Waals surface area (Å²) in [5.74, 6) is 0.479. The Morgan fingerprint density at radius 1 is 1.00 bits per heavy atom. The van der Waals surface area contributed by atoms with Gasteiger partial charge in [-0.25, -0.2) is 9.97 Å². The van der Waals surface area contributed by atoms with Gasteiger partial charge in [-0.05, 0) is 42.5 Å². The van der Waals surface area contributed by atoms with Crippen LogP contribution < -0.4 is 20.9 Å². The summed E-state index contributed by atoms with van der Waals surface area (Å²) in [4.78, 5) is 22.6. The maximum absolute atomic E-state index is 11.4. The standard InChI is InChI=1S/C23H26N6O2/c1-24-22(30)16-26-18-4-2-17(3-5-18)21-10-11-25-23(28-21)27-19-6-8-20(9-7-19)29-12-14-31-15-13-29/h2-11,26H,12-16H2,1H3,(H,24,30)(H,25,27,28). The van der Waals surface area contributed by atoms with Crippen LogP contribution in [0.5, 0.6) is 0 Å². The average Bonchev–Trinajstić information content (AvgIpc) is 2.84. The van der Waals surface area contributed by atoms with Crippen molar-refractivity contribution in [3.05, 3.63) is 60.8 Å². The number of hydrogen-bond acceptors (Lipinski definition) is 7. The maximum atomic E-state index is 11.4. The molecule has 1 amide bonds. The van der Waals surface area contributed by atoms with Gasteiger partial charge in [-0.15, -0.1) is 0 Å². The van der Waals surface area contributed by atoms with E-state index in [9.17, 15) is 4.79 Å². The van der Waals surface area contributed by atoms with E-state index < -0.39 is 0 Å². The van der Waals surface area contributed by atoms with Crippen LogP contribution in [0.2, 0.25) is 0 Å². The lowest BCUT2D eigenvalue weighted by Gasteiger charge is -2.28. The summed E-state index contributed by atoms with van der Waals surface area (Å²) >= 11 is 0. The first-order valence-corrected chi connectivity index (χ1v) is 10.3. The lowest BCUT2D eigenvalue weighted by atomic mass is 10.1. The Kier molecular flexibility index (Phi) is 6.59. The highest BCUT2D eigenvalue weighted by Crippen LogP contribution is 2.23. The first-order valence-electron chi connectivity index (χ1n) is 10.3. The van der Waals surface area contributed by atoms with Gasteiger partial charge in [0, 0.05) is 49.0 Å².